The molecule has 1 atom stereocenters. The summed E-state index contributed by atoms with van der Waals surface area (Å²) < 4.78 is 14.8. The Bertz CT molecular complexity index is 192. The van der Waals surface area contributed by atoms with Gasteiger partial charge < -0.3 is 19.1 Å². The third-order valence-electron chi connectivity index (χ3n) is 1.90. The van der Waals surface area contributed by atoms with E-state index in [9.17, 15) is 4.79 Å². The second kappa shape index (κ2) is 9.84. The van der Waals surface area contributed by atoms with Gasteiger partial charge in [0.1, 0.15) is 6.61 Å². The lowest BCUT2D eigenvalue weighted by molar-refractivity contribution is -0.135. The van der Waals surface area contributed by atoms with E-state index in [0.717, 1.165) is 0 Å². The maximum absolute atomic E-state index is 11.5. The second-order valence-electron chi connectivity index (χ2n) is 3.37. The number of nitrogens with zero attached hydrogens (tertiary/aromatic N) is 1. The highest BCUT2D eigenvalue weighted by Crippen LogP contribution is 1.99. The Morgan fingerprint density at radius 2 is 2.00 bits per heavy atom. The standard InChI is InChI=1S/C10H20ClNO4/c1-12(6-9(11)7-15-3)10(13)8-16-5-4-14-2/h9H,4-8H2,1-3H3. The van der Waals surface area contributed by atoms with Crippen LogP contribution in [0.15, 0.2) is 0 Å². The van der Waals surface area contributed by atoms with Crippen LogP contribution in [0.4, 0.5) is 0 Å². The summed E-state index contributed by atoms with van der Waals surface area (Å²) >= 11 is 5.92. The van der Waals surface area contributed by atoms with Gasteiger partial charge >= 0.3 is 0 Å². The van der Waals surface area contributed by atoms with Crippen molar-refractivity contribution in [1.82, 2.24) is 4.90 Å². The zero-order valence-corrected chi connectivity index (χ0v) is 10.8. The first-order chi connectivity index (χ1) is 7.61. The summed E-state index contributed by atoms with van der Waals surface area (Å²) in [5.74, 6) is -0.0992. The molecule has 0 aliphatic heterocycles. The van der Waals surface area contributed by atoms with E-state index in [1.165, 1.54) is 4.90 Å². The van der Waals surface area contributed by atoms with E-state index in [1.54, 1.807) is 21.3 Å². The minimum absolute atomic E-state index is 0.0520. The van der Waals surface area contributed by atoms with E-state index in [1.807, 2.05) is 0 Å². The molecule has 0 aromatic heterocycles. The van der Waals surface area contributed by atoms with Gasteiger partial charge in [-0.15, -0.1) is 11.6 Å². The third kappa shape index (κ3) is 7.87. The normalized spacial score (nSPS) is 12.5. The van der Waals surface area contributed by atoms with Crippen molar-refractivity contribution < 1.29 is 19.0 Å². The number of amides is 1. The van der Waals surface area contributed by atoms with Crippen LogP contribution in [0.1, 0.15) is 0 Å². The van der Waals surface area contributed by atoms with E-state index in [-0.39, 0.29) is 17.9 Å². The third-order valence-corrected chi connectivity index (χ3v) is 2.17. The van der Waals surface area contributed by atoms with E-state index >= 15 is 0 Å². The summed E-state index contributed by atoms with van der Waals surface area (Å²) in [4.78, 5) is 13.0. The van der Waals surface area contributed by atoms with Crippen LogP contribution >= 0.6 is 11.6 Å². The number of likely N-dealkylation sites (N-methyl/N-ethyl adjacent to an activating group) is 1. The summed E-state index contributed by atoms with van der Waals surface area (Å²) in [7, 11) is 4.85. The molecule has 0 aliphatic rings. The molecule has 1 unspecified atom stereocenters. The first kappa shape index (κ1) is 15.6. The Kier molecular flexibility index (Phi) is 9.62. The number of hydrogen-bond acceptors (Lipinski definition) is 4. The Labute approximate surface area is 102 Å². The molecule has 0 aliphatic carbocycles. The van der Waals surface area contributed by atoms with Crippen LogP contribution in [0.5, 0.6) is 0 Å². The molecule has 0 spiro atoms. The fraction of sp³-hybridized carbons (Fsp3) is 0.900. The highest BCUT2D eigenvalue weighted by molar-refractivity contribution is 6.21. The van der Waals surface area contributed by atoms with Crippen LogP contribution < -0.4 is 0 Å². The largest absolute Gasteiger partial charge is 0.383 e. The summed E-state index contributed by atoms with van der Waals surface area (Å²) in [6, 6.07) is 0. The smallest absolute Gasteiger partial charge is 0.248 e. The number of alkyl halides is 1. The van der Waals surface area contributed by atoms with Gasteiger partial charge in [-0.05, 0) is 0 Å². The summed E-state index contributed by atoms with van der Waals surface area (Å²) in [6.45, 7) is 1.82. The first-order valence-corrected chi connectivity index (χ1v) is 5.49. The predicted molar refractivity (Wildman–Crippen MR) is 61.8 cm³/mol. The van der Waals surface area contributed by atoms with Gasteiger partial charge in [-0.1, -0.05) is 0 Å². The fourth-order valence-electron chi connectivity index (χ4n) is 1.04. The zero-order valence-electron chi connectivity index (χ0n) is 10.1. The van der Waals surface area contributed by atoms with Gasteiger partial charge in [-0.25, -0.2) is 0 Å². The molecule has 0 fully saturated rings. The molecular weight excluding hydrogens is 234 g/mol. The molecule has 0 aromatic rings. The van der Waals surface area contributed by atoms with Crippen LogP contribution in [0.3, 0.4) is 0 Å². The Balaban J connectivity index is 3.64. The molecule has 0 radical (unpaired) electrons. The number of methoxy groups -OCH3 is 2. The number of hydrogen-bond donors (Lipinski definition) is 0. The number of carbonyl (C=O) groups excluding carboxylic acids is 1. The lowest BCUT2D eigenvalue weighted by Gasteiger charge is -2.19. The highest BCUT2D eigenvalue weighted by Gasteiger charge is 2.13. The first-order valence-electron chi connectivity index (χ1n) is 5.05. The van der Waals surface area contributed by atoms with Crippen molar-refractivity contribution in [2.45, 2.75) is 5.38 Å². The lowest BCUT2D eigenvalue weighted by atomic mass is 10.4. The van der Waals surface area contributed by atoms with Gasteiger partial charge in [0.15, 0.2) is 0 Å². The monoisotopic (exact) mass is 253 g/mol. The minimum Gasteiger partial charge on any atom is -0.383 e. The van der Waals surface area contributed by atoms with Gasteiger partial charge in [0, 0.05) is 27.8 Å². The Hall–Kier alpha value is -0.360. The maximum Gasteiger partial charge on any atom is 0.248 e. The van der Waals surface area contributed by atoms with Crippen LogP contribution in [-0.4, -0.2) is 70.4 Å². The summed E-state index contributed by atoms with van der Waals surface area (Å²) in [5.41, 5.74) is 0. The number of halogens is 1. The van der Waals surface area contributed by atoms with Crippen LogP contribution in [0.25, 0.3) is 0 Å². The summed E-state index contributed by atoms with van der Waals surface area (Å²) in [5, 5.41) is -0.196. The zero-order chi connectivity index (χ0) is 12.4. The van der Waals surface area contributed by atoms with Gasteiger partial charge in [0.25, 0.3) is 0 Å². The van der Waals surface area contributed by atoms with Crippen molar-refractivity contribution in [3.05, 3.63) is 0 Å². The molecule has 0 rings (SSSR count). The van der Waals surface area contributed by atoms with Crippen LogP contribution in [0, 0.1) is 0 Å². The van der Waals surface area contributed by atoms with E-state index in [4.69, 9.17) is 25.8 Å². The molecule has 5 nitrogen and oxygen atoms in total. The molecular formula is C10H20ClNO4. The molecule has 0 saturated heterocycles. The molecule has 1 amide bonds. The fourth-order valence-corrected chi connectivity index (χ4v) is 1.38. The molecule has 0 bridgehead atoms. The van der Waals surface area contributed by atoms with E-state index in [0.29, 0.717) is 26.4 Å². The van der Waals surface area contributed by atoms with Crippen molar-refractivity contribution in [1.29, 1.82) is 0 Å². The van der Waals surface area contributed by atoms with Crippen molar-refractivity contribution in [3.63, 3.8) is 0 Å². The van der Waals surface area contributed by atoms with Gasteiger partial charge in [-0.3, -0.25) is 4.79 Å². The predicted octanol–water partition coefficient (Wildman–Crippen LogP) is 0.362. The van der Waals surface area contributed by atoms with Crippen molar-refractivity contribution >= 4 is 17.5 Å². The molecule has 6 heteroatoms. The summed E-state index contributed by atoms with van der Waals surface area (Å²) in [6.07, 6.45) is 0. The van der Waals surface area contributed by atoms with E-state index < -0.39 is 0 Å². The average molecular weight is 254 g/mol. The van der Waals surface area contributed by atoms with Gasteiger partial charge in [0.2, 0.25) is 5.91 Å². The number of carbonyl (C=O) groups is 1. The molecule has 0 saturated carbocycles. The molecule has 16 heavy (non-hydrogen) atoms. The Morgan fingerprint density at radius 3 is 2.56 bits per heavy atom. The minimum atomic E-state index is -0.196. The Morgan fingerprint density at radius 1 is 1.31 bits per heavy atom. The highest BCUT2D eigenvalue weighted by atomic mass is 35.5. The van der Waals surface area contributed by atoms with E-state index in [2.05, 4.69) is 0 Å². The second-order valence-corrected chi connectivity index (χ2v) is 3.99. The topological polar surface area (TPSA) is 48.0 Å². The lowest BCUT2D eigenvalue weighted by Crippen LogP contribution is -2.36. The molecule has 96 valence electrons. The molecule has 0 heterocycles. The van der Waals surface area contributed by atoms with Crippen molar-refractivity contribution in [2.75, 3.05) is 54.2 Å². The number of rotatable bonds is 9. The van der Waals surface area contributed by atoms with Crippen molar-refractivity contribution in [3.8, 4) is 0 Å². The SMILES string of the molecule is COCCOCC(=O)N(C)CC(Cl)COC. The van der Waals surface area contributed by atoms with Gasteiger partial charge in [0.05, 0.1) is 25.2 Å². The van der Waals surface area contributed by atoms with Gasteiger partial charge in [-0.2, -0.15) is 0 Å². The maximum atomic E-state index is 11.5. The van der Waals surface area contributed by atoms with Crippen LogP contribution in [-0.2, 0) is 19.0 Å². The quantitative estimate of drug-likeness (QED) is 0.440. The molecule has 0 aromatic carbocycles. The van der Waals surface area contributed by atoms with Crippen LogP contribution in [0.2, 0.25) is 0 Å². The average Bonchev–Trinajstić information content (AvgIpc) is 2.24. The molecule has 0 N–H and O–H groups in total. The number of ether oxygens (including phenoxy) is 3. The van der Waals surface area contributed by atoms with Crippen molar-refractivity contribution in [2.24, 2.45) is 0 Å².